The number of carbonyl (C=O) groups is 2. The van der Waals surface area contributed by atoms with E-state index in [2.05, 4.69) is 10.2 Å². The van der Waals surface area contributed by atoms with E-state index in [0.29, 0.717) is 25.0 Å². The third-order valence-electron chi connectivity index (χ3n) is 9.72. The summed E-state index contributed by atoms with van der Waals surface area (Å²) in [6.07, 6.45) is 8.04. The number of carbonyl (C=O) groups excluding carboxylic acids is 2. The lowest BCUT2D eigenvalue weighted by atomic mass is 9.66. The third-order valence-corrected chi connectivity index (χ3v) is 9.72. The zero-order valence-electron chi connectivity index (χ0n) is 21.7. The van der Waals surface area contributed by atoms with Gasteiger partial charge in [-0.05, 0) is 44.6 Å². The SMILES string of the molecule is CCOC(=O)C1CN2C3C(OC[C@@H]2CC2CCCCC2)C(F)C(F)C(NCC2CCCCC2)C3C1=O. The van der Waals surface area contributed by atoms with Crippen LogP contribution in [0, 0.1) is 23.7 Å². The van der Waals surface area contributed by atoms with Gasteiger partial charge in [0, 0.05) is 12.6 Å². The van der Waals surface area contributed by atoms with Crippen molar-refractivity contribution in [3.05, 3.63) is 0 Å². The van der Waals surface area contributed by atoms with Gasteiger partial charge in [0.05, 0.1) is 31.2 Å². The van der Waals surface area contributed by atoms with Crippen molar-refractivity contribution in [2.45, 2.75) is 114 Å². The quantitative estimate of drug-likeness (QED) is 0.413. The number of Topliss-reactive ketones (excluding diaryl/α,β-unsaturated/α-hetero) is 1. The molecule has 2 heterocycles. The van der Waals surface area contributed by atoms with Gasteiger partial charge in [-0.3, -0.25) is 14.5 Å². The van der Waals surface area contributed by atoms with Crippen LogP contribution in [0.5, 0.6) is 0 Å². The molecule has 3 aliphatic carbocycles. The zero-order valence-corrected chi connectivity index (χ0v) is 21.7. The van der Waals surface area contributed by atoms with Crippen LogP contribution in [-0.2, 0) is 19.1 Å². The Hall–Kier alpha value is -1.12. The number of ketones is 1. The van der Waals surface area contributed by atoms with Crippen molar-refractivity contribution in [2.24, 2.45) is 23.7 Å². The number of nitrogens with zero attached hydrogens (tertiary/aromatic N) is 1. The number of rotatable bonds is 7. The minimum absolute atomic E-state index is 0.00392. The Bertz CT molecular complexity index is 773. The molecule has 5 fully saturated rings. The summed E-state index contributed by atoms with van der Waals surface area (Å²) in [6, 6.07) is -1.49. The molecule has 3 saturated carbocycles. The van der Waals surface area contributed by atoms with Crippen molar-refractivity contribution in [1.82, 2.24) is 10.2 Å². The number of nitrogens with one attached hydrogen (secondary N) is 1. The highest BCUT2D eigenvalue weighted by molar-refractivity contribution is 6.02. The van der Waals surface area contributed by atoms with Crippen molar-refractivity contribution in [3.8, 4) is 0 Å². The van der Waals surface area contributed by atoms with Gasteiger partial charge in [0.2, 0.25) is 0 Å². The molecule has 8 atom stereocenters. The fourth-order valence-corrected chi connectivity index (χ4v) is 7.86. The first-order chi connectivity index (χ1) is 17.5. The summed E-state index contributed by atoms with van der Waals surface area (Å²) in [5.74, 6) is -1.64. The minimum atomic E-state index is -1.85. The van der Waals surface area contributed by atoms with Crippen LogP contribution in [0.2, 0.25) is 0 Å². The topological polar surface area (TPSA) is 67.9 Å². The molecule has 2 aliphatic heterocycles. The Balaban J connectivity index is 1.41. The van der Waals surface area contributed by atoms with Gasteiger partial charge in [-0.1, -0.05) is 51.4 Å². The Kier molecular flexibility index (Phi) is 8.63. The van der Waals surface area contributed by atoms with Gasteiger partial charge in [0.25, 0.3) is 0 Å². The normalized spacial score (nSPS) is 40.6. The standard InChI is InChI=1S/C28H44F2N2O4/c1-2-35-28(34)20-15-32-19(13-17-9-5-3-6-10-17)16-36-27-23(30)22(29)24(21(25(27)32)26(20)33)31-14-18-11-7-4-8-12-18/h17-25,27,31H,2-16H2,1H3/t19-,20?,21?,22?,23?,24?,25?,27?/m0/s1. The molecule has 0 aromatic rings. The molecular formula is C28H44F2N2O4. The van der Waals surface area contributed by atoms with Crippen LogP contribution in [0.4, 0.5) is 8.78 Å². The van der Waals surface area contributed by atoms with Crippen molar-refractivity contribution in [2.75, 3.05) is 26.3 Å². The second-order valence-corrected chi connectivity index (χ2v) is 11.9. The first-order valence-corrected chi connectivity index (χ1v) is 14.6. The molecule has 1 N–H and O–H groups in total. The van der Waals surface area contributed by atoms with E-state index < -0.39 is 48.3 Å². The fourth-order valence-electron chi connectivity index (χ4n) is 7.86. The minimum Gasteiger partial charge on any atom is -0.465 e. The number of ether oxygens (including phenoxy) is 2. The molecule has 0 amide bonds. The summed E-state index contributed by atoms with van der Waals surface area (Å²) < 4.78 is 42.5. The van der Waals surface area contributed by atoms with Gasteiger partial charge in [-0.2, -0.15) is 0 Å². The molecule has 5 rings (SSSR count). The Morgan fingerprint density at radius 3 is 2.36 bits per heavy atom. The van der Waals surface area contributed by atoms with Crippen molar-refractivity contribution in [3.63, 3.8) is 0 Å². The Labute approximate surface area is 214 Å². The van der Waals surface area contributed by atoms with E-state index >= 15 is 8.78 Å². The van der Waals surface area contributed by atoms with E-state index in [1.54, 1.807) is 6.92 Å². The number of hydrogen-bond acceptors (Lipinski definition) is 6. The molecule has 2 saturated heterocycles. The van der Waals surface area contributed by atoms with E-state index in [1.165, 1.54) is 38.5 Å². The molecular weight excluding hydrogens is 466 g/mol. The van der Waals surface area contributed by atoms with Crippen LogP contribution in [0.25, 0.3) is 0 Å². The van der Waals surface area contributed by atoms with Crippen molar-refractivity contribution >= 4 is 11.8 Å². The Morgan fingerprint density at radius 2 is 1.69 bits per heavy atom. The highest BCUT2D eigenvalue weighted by atomic mass is 19.2. The van der Waals surface area contributed by atoms with Gasteiger partial charge in [0.15, 0.2) is 12.0 Å². The fraction of sp³-hybridized carbons (Fsp3) is 0.929. The average molecular weight is 511 g/mol. The maximum atomic E-state index is 15.7. The van der Waals surface area contributed by atoms with Crippen molar-refractivity contribution in [1.29, 1.82) is 0 Å². The molecule has 0 aromatic carbocycles. The summed E-state index contributed by atoms with van der Waals surface area (Å²) in [6.45, 7) is 3.03. The van der Waals surface area contributed by atoms with Gasteiger partial charge in [-0.25, -0.2) is 8.78 Å². The zero-order chi connectivity index (χ0) is 25.2. The molecule has 0 radical (unpaired) electrons. The highest BCUT2D eigenvalue weighted by Gasteiger charge is 2.63. The predicted octanol–water partition coefficient (Wildman–Crippen LogP) is 4.00. The summed E-state index contributed by atoms with van der Waals surface area (Å²) in [5, 5.41) is 3.31. The number of alkyl halides is 2. The molecule has 0 bridgehead atoms. The number of hydrogen-bond donors (Lipinski definition) is 1. The smallest absolute Gasteiger partial charge is 0.317 e. The lowest BCUT2D eigenvalue weighted by Gasteiger charge is -2.58. The molecule has 204 valence electrons. The van der Waals surface area contributed by atoms with Gasteiger partial charge >= 0.3 is 5.97 Å². The summed E-state index contributed by atoms with van der Waals surface area (Å²) in [7, 11) is 0. The summed E-state index contributed by atoms with van der Waals surface area (Å²) in [5.41, 5.74) is 0. The molecule has 0 spiro atoms. The highest BCUT2D eigenvalue weighted by Crippen LogP contribution is 2.44. The lowest BCUT2D eigenvalue weighted by Crippen LogP contribution is -2.76. The first-order valence-electron chi connectivity index (χ1n) is 14.6. The first kappa shape index (κ1) is 26.5. The summed E-state index contributed by atoms with van der Waals surface area (Å²) >= 11 is 0. The second kappa shape index (κ2) is 11.7. The van der Waals surface area contributed by atoms with Crippen LogP contribution >= 0.6 is 0 Å². The number of halogens is 2. The summed E-state index contributed by atoms with van der Waals surface area (Å²) in [4.78, 5) is 28.9. The monoisotopic (exact) mass is 510 g/mol. The molecule has 8 heteroatoms. The molecule has 6 nitrogen and oxygen atoms in total. The van der Waals surface area contributed by atoms with E-state index in [4.69, 9.17) is 9.47 Å². The van der Waals surface area contributed by atoms with Crippen LogP contribution in [0.1, 0.15) is 77.6 Å². The Morgan fingerprint density at radius 1 is 1.03 bits per heavy atom. The van der Waals surface area contributed by atoms with Crippen molar-refractivity contribution < 1.29 is 27.8 Å². The van der Waals surface area contributed by atoms with Gasteiger partial charge in [0.1, 0.15) is 18.2 Å². The van der Waals surface area contributed by atoms with E-state index in [1.807, 2.05) is 0 Å². The molecule has 0 aromatic heterocycles. The maximum Gasteiger partial charge on any atom is 0.317 e. The predicted molar refractivity (Wildman–Crippen MR) is 132 cm³/mol. The van der Waals surface area contributed by atoms with Crippen LogP contribution in [0.3, 0.4) is 0 Å². The average Bonchev–Trinajstić information content (AvgIpc) is 2.90. The van der Waals surface area contributed by atoms with Gasteiger partial charge < -0.3 is 14.8 Å². The van der Waals surface area contributed by atoms with E-state index in [9.17, 15) is 9.59 Å². The number of piperidine rings is 1. The number of morpholine rings is 1. The van der Waals surface area contributed by atoms with Crippen LogP contribution < -0.4 is 5.32 Å². The number of esters is 1. The maximum absolute atomic E-state index is 15.7. The molecule has 36 heavy (non-hydrogen) atoms. The third kappa shape index (κ3) is 5.24. The largest absolute Gasteiger partial charge is 0.465 e. The van der Waals surface area contributed by atoms with E-state index in [0.717, 1.165) is 32.1 Å². The second-order valence-electron chi connectivity index (χ2n) is 11.9. The molecule has 7 unspecified atom stereocenters. The van der Waals surface area contributed by atoms with Crippen LogP contribution in [-0.4, -0.2) is 79.5 Å². The van der Waals surface area contributed by atoms with Gasteiger partial charge in [-0.15, -0.1) is 0 Å². The lowest BCUT2D eigenvalue weighted by molar-refractivity contribution is -0.208. The van der Waals surface area contributed by atoms with Crippen LogP contribution in [0.15, 0.2) is 0 Å². The van der Waals surface area contributed by atoms with E-state index in [-0.39, 0.29) is 25.0 Å². The molecule has 5 aliphatic rings.